The van der Waals surface area contributed by atoms with Gasteiger partial charge in [-0.25, -0.2) is 0 Å². The molecule has 0 saturated carbocycles. The van der Waals surface area contributed by atoms with Crippen LogP contribution in [0.4, 0.5) is 13.2 Å². The summed E-state index contributed by atoms with van der Waals surface area (Å²) in [6, 6.07) is 6.52. The maximum absolute atomic E-state index is 12.9. The molecule has 1 N–H and O–H groups in total. The van der Waals surface area contributed by atoms with E-state index in [2.05, 4.69) is 0 Å². The van der Waals surface area contributed by atoms with Gasteiger partial charge in [0.1, 0.15) is 5.75 Å². The first-order valence-electron chi connectivity index (χ1n) is 8.40. The molecule has 2 atom stereocenters. The molecule has 0 aromatic heterocycles. The number of alkyl halides is 3. The summed E-state index contributed by atoms with van der Waals surface area (Å²) in [5.74, 6) is -5.43. The van der Waals surface area contributed by atoms with E-state index in [1.54, 1.807) is 24.3 Å². The molecule has 27 heavy (non-hydrogen) atoms. The molecule has 0 bridgehead atoms. The first kappa shape index (κ1) is 20.7. The van der Waals surface area contributed by atoms with Gasteiger partial charge < -0.3 is 14.7 Å². The number of carbonyl (C=O) groups excluding carboxylic acids is 2. The first-order chi connectivity index (χ1) is 12.6. The molecule has 9 heteroatoms. The van der Waals surface area contributed by atoms with Crippen LogP contribution in [0, 0.1) is 11.8 Å². The molecular formula is C18H20F3NO5. The Bertz CT molecular complexity index is 719. The Labute approximate surface area is 153 Å². The van der Waals surface area contributed by atoms with Crippen LogP contribution < -0.4 is 4.74 Å². The minimum atomic E-state index is -4.66. The number of hydrogen-bond acceptors (Lipinski definition) is 4. The number of halogens is 3. The van der Waals surface area contributed by atoms with Gasteiger partial charge in [0.25, 0.3) is 0 Å². The summed E-state index contributed by atoms with van der Waals surface area (Å²) < 4.78 is 44.3. The maximum atomic E-state index is 12.9. The number of Topliss-reactive ketones (excluding diaryl/α,β-unsaturated/α-hetero) is 1. The topological polar surface area (TPSA) is 83.9 Å². The van der Waals surface area contributed by atoms with Crippen molar-refractivity contribution in [2.75, 3.05) is 19.7 Å². The number of carboxylic acid groups (broad SMARTS) is 1. The third-order valence-electron chi connectivity index (χ3n) is 4.45. The van der Waals surface area contributed by atoms with E-state index in [0.717, 1.165) is 4.90 Å². The third kappa shape index (κ3) is 5.45. The Kier molecular flexibility index (Phi) is 6.45. The lowest BCUT2D eigenvalue weighted by atomic mass is 9.96. The van der Waals surface area contributed by atoms with Gasteiger partial charge >= 0.3 is 12.1 Å². The highest BCUT2D eigenvalue weighted by Crippen LogP contribution is 2.37. The van der Waals surface area contributed by atoms with Gasteiger partial charge in [0.05, 0.1) is 18.4 Å². The molecule has 1 aromatic carbocycles. The number of nitrogens with zero attached hydrogens (tertiary/aromatic N) is 1. The number of benzene rings is 1. The molecule has 1 heterocycles. The molecule has 1 aliphatic heterocycles. The molecule has 6 nitrogen and oxygen atoms in total. The van der Waals surface area contributed by atoms with Crippen molar-refractivity contribution in [3.63, 3.8) is 0 Å². The Morgan fingerprint density at radius 1 is 1.26 bits per heavy atom. The Morgan fingerprint density at radius 3 is 2.52 bits per heavy atom. The summed E-state index contributed by atoms with van der Waals surface area (Å²) in [4.78, 5) is 35.4. The third-order valence-corrected chi connectivity index (χ3v) is 4.45. The van der Waals surface area contributed by atoms with Crippen molar-refractivity contribution in [3.8, 4) is 5.75 Å². The normalized spacial score (nSPS) is 19.8. The van der Waals surface area contributed by atoms with Gasteiger partial charge in [-0.05, 0) is 25.5 Å². The number of likely N-dealkylation sites (tertiary alicyclic amines) is 1. The average Bonchev–Trinajstić information content (AvgIpc) is 3.05. The number of ketones is 1. The van der Waals surface area contributed by atoms with E-state index in [1.165, 1.54) is 6.92 Å². The summed E-state index contributed by atoms with van der Waals surface area (Å²) in [5.41, 5.74) is 0.485. The van der Waals surface area contributed by atoms with E-state index in [1.807, 2.05) is 0 Å². The molecule has 0 spiro atoms. The van der Waals surface area contributed by atoms with E-state index < -0.39 is 43.0 Å². The highest BCUT2D eigenvalue weighted by molar-refractivity contribution is 5.94. The van der Waals surface area contributed by atoms with Crippen LogP contribution in [0.3, 0.4) is 0 Å². The predicted octanol–water partition coefficient (Wildman–Crippen LogP) is 2.77. The molecule has 1 aromatic rings. The van der Waals surface area contributed by atoms with Gasteiger partial charge in [-0.1, -0.05) is 12.1 Å². The fraction of sp³-hybridized carbons (Fsp3) is 0.500. The molecule has 2 rings (SSSR count). The quantitative estimate of drug-likeness (QED) is 0.575. The largest absolute Gasteiger partial charge is 0.494 e. The summed E-state index contributed by atoms with van der Waals surface area (Å²) >= 11 is 0. The molecule has 148 valence electrons. The van der Waals surface area contributed by atoms with Gasteiger partial charge in [-0.2, -0.15) is 13.2 Å². The number of carboxylic acids is 1. The van der Waals surface area contributed by atoms with Crippen molar-refractivity contribution in [1.82, 2.24) is 4.90 Å². The monoisotopic (exact) mass is 387 g/mol. The molecule has 1 aliphatic rings. The predicted molar refractivity (Wildman–Crippen MR) is 88.4 cm³/mol. The zero-order valence-electron chi connectivity index (χ0n) is 14.7. The molecule has 1 fully saturated rings. The van der Waals surface area contributed by atoms with Crippen LogP contribution >= 0.6 is 0 Å². The SMILES string of the molecule is CC(=O)c1cccc(OCCCC(=O)N2C[C@@H](C(F)(F)F)[C@H](C(=O)O)C2)c1. The van der Waals surface area contributed by atoms with Gasteiger partial charge in [0, 0.05) is 25.1 Å². The summed E-state index contributed by atoms with van der Waals surface area (Å²) in [5, 5.41) is 8.97. The van der Waals surface area contributed by atoms with Crippen LogP contribution in [-0.4, -0.2) is 53.5 Å². The van der Waals surface area contributed by atoms with E-state index in [4.69, 9.17) is 9.84 Å². The summed E-state index contributed by atoms with van der Waals surface area (Å²) in [6.45, 7) is 0.485. The summed E-state index contributed by atoms with van der Waals surface area (Å²) in [6.07, 6.45) is -4.46. The Balaban J connectivity index is 1.83. The van der Waals surface area contributed by atoms with Crippen molar-refractivity contribution in [1.29, 1.82) is 0 Å². The molecule has 1 amide bonds. The number of aliphatic carboxylic acids is 1. The van der Waals surface area contributed by atoms with E-state index in [-0.39, 0.29) is 25.2 Å². The molecule has 1 saturated heterocycles. The second kappa shape index (κ2) is 8.41. The van der Waals surface area contributed by atoms with Gasteiger partial charge in [0.2, 0.25) is 5.91 Å². The fourth-order valence-electron chi connectivity index (χ4n) is 2.97. The Hall–Kier alpha value is -2.58. The van der Waals surface area contributed by atoms with E-state index in [0.29, 0.717) is 11.3 Å². The van der Waals surface area contributed by atoms with Gasteiger partial charge in [0.15, 0.2) is 5.78 Å². The summed E-state index contributed by atoms with van der Waals surface area (Å²) in [7, 11) is 0. The number of amides is 1. The zero-order valence-corrected chi connectivity index (χ0v) is 14.7. The molecule has 0 radical (unpaired) electrons. The number of carbonyl (C=O) groups is 3. The molecule has 0 unspecified atom stereocenters. The van der Waals surface area contributed by atoms with Crippen LogP contribution in [-0.2, 0) is 9.59 Å². The second-order valence-corrected chi connectivity index (χ2v) is 6.43. The van der Waals surface area contributed by atoms with E-state index in [9.17, 15) is 27.6 Å². The molecular weight excluding hydrogens is 367 g/mol. The Morgan fingerprint density at radius 2 is 1.96 bits per heavy atom. The highest BCUT2D eigenvalue weighted by atomic mass is 19.4. The maximum Gasteiger partial charge on any atom is 0.394 e. The number of rotatable bonds is 7. The fourth-order valence-corrected chi connectivity index (χ4v) is 2.97. The smallest absolute Gasteiger partial charge is 0.394 e. The van der Waals surface area contributed by atoms with Crippen molar-refractivity contribution < 1.29 is 37.4 Å². The van der Waals surface area contributed by atoms with Crippen molar-refractivity contribution in [2.45, 2.75) is 25.9 Å². The van der Waals surface area contributed by atoms with Crippen molar-refractivity contribution in [2.24, 2.45) is 11.8 Å². The lowest BCUT2D eigenvalue weighted by Crippen LogP contribution is -2.34. The lowest BCUT2D eigenvalue weighted by molar-refractivity contribution is -0.188. The van der Waals surface area contributed by atoms with Gasteiger partial charge in [-0.3, -0.25) is 14.4 Å². The van der Waals surface area contributed by atoms with Crippen molar-refractivity contribution >= 4 is 17.7 Å². The minimum absolute atomic E-state index is 0.0523. The van der Waals surface area contributed by atoms with Crippen LogP contribution in [0.2, 0.25) is 0 Å². The first-order valence-corrected chi connectivity index (χ1v) is 8.40. The van der Waals surface area contributed by atoms with Crippen molar-refractivity contribution in [3.05, 3.63) is 29.8 Å². The number of ether oxygens (including phenoxy) is 1. The molecule has 0 aliphatic carbocycles. The minimum Gasteiger partial charge on any atom is -0.494 e. The van der Waals surface area contributed by atoms with Crippen LogP contribution in [0.25, 0.3) is 0 Å². The van der Waals surface area contributed by atoms with E-state index >= 15 is 0 Å². The van der Waals surface area contributed by atoms with Crippen LogP contribution in [0.15, 0.2) is 24.3 Å². The zero-order chi connectivity index (χ0) is 20.2. The standard InChI is InChI=1S/C18H20F3NO5/c1-11(23)12-4-2-5-13(8-12)27-7-3-6-16(24)22-9-14(17(25)26)15(10-22)18(19,20)21/h2,4-5,8,14-15H,3,6-7,9-10H2,1H3,(H,25,26)/t14-,15-/m1/s1. The number of hydrogen-bond donors (Lipinski definition) is 1. The average molecular weight is 387 g/mol. The highest BCUT2D eigenvalue weighted by Gasteiger charge is 2.53. The van der Waals surface area contributed by atoms with Crippen LogP contribution in [0.5, 0.6) is 5.75 Å². The van der Waals surface area contributed by atoms with Crippen LogP contribution in [0.1, 0.15) is 30.1 Å². The van der Waals surface area contributed by atoms with Gasteiger partial charge in [-0.15, -0.1) is 0 Å². The lowest BCUT2D eigenvalue weighted by Gasteiger charge is -2.18. The second-order valence-electron chi connectivity index (χ2n) is 6.43.